The van der Waals surface area contributed by atoms with E-state index in [4.69, 9.17) is 5.73 Å². The van der Waals surface area contributed by atoms with Crippen molar-refractivity contribution in [3.63, 3.8) is 0 Å². The Labute approximate surface area is 152 Å². The van der Waals surface area contributed by atoms with Gasteiger partial charge in [-0.3, -0.25) is 14.5 Å². The molecule has 0 saturated heterocycles. The molecule has 1 aromatic heterocycles. The smallest absolute Gasteiger partial charge is 0.327 e. The average molecular weight is 376 g/mol. The minimum atomic E-state index is -1.21. The molecule has 1 aliphatic heterocycles. The summed E-state index contributed by atoms with van der Waals surface area (Å²) in [5.41, 5.74) is 6.57. The van der Waals surface area contributed by atoms with Crippen LogP contribution in [0.25, 0.3) is 0 Å². The third kappa shape index (κ3) is 3.46. The van der Waals surface area contributed by atoms with E-state index in [9.17, 15) is 19.5 Å². The number of aliphatic carboxylic acids is 1. The zero-order chi connectivity index (χ0) is 18.0. The maximum atomic E-state index is 12.4. The molecule has 0 bridgehead atoms. The number of nitrogens with two attached hydrogens (primary N) is 1. The Morgan fingerprint density at radius 1 is 1.12 bits per heavy atom. The average Bonchev–Trinajstić information content (AvgIpc) is 3.21. The van der Waals surface area contributed by atoms with E-state index in [0.717, 1.165) is 9.78 Å². The summed E-state index contributed by atoms with van der Waals surface area (Å²) in [5.74, 6) is -1.72. The van der Waals surface area contributed by atoms with Crippen LogP contribution in [0.2, 0.25) is 0 Å². The summed E-state index contributed by atoms with van der Waals surface area (Å²) >= 11 is 2.86. The first kappa shape index (κ1) is 17.7. The Hall–Kier alpha value is -2.16. The Kier molecular flexibility index (Phi) is 5.22. The SMILES string of the molecule is N[C@@H](CSC[C@@H](C(=O)O)N1C(=O)c2ccccc2C1=O)c1cccs1. The molecule has 0 spiro atoms. The lowest BCUT2D eigenvalue weighted by Gasteiger charge is -2.22. The van der Waals surface area contributed by atoms with Crippen LogP contribution in [-0.4, -0.2) is 45.3 Å². The van der Waals surface area contributed by atoms with Gasteiger partial charge < -0.3 is 10.8 Å². The molecule has 6 nitrogen and oxygen atoms in total. The molecular weight excluding hydrogens is 360 g/mol. The van der Waals surface area contributed by atoms with Crippen LogP contribution in [0.3, 0.4) is 0 Å². The van der Waals surface area contributed by atoms with Gasteiger partial charge in [-0.25, -0.2) is 4.79 Å². The first-order valence-electron chi connectivity index (χ1n) is 7.57. The number of hydrogen-bond acceptors (Lipinski definition) is 6. The number of fused-ring (bicyclic) bond motifs is 1. The van der Waals surface area contributed by atoms with Gasteiger partial charge in [0, 0.05) is 22.4 Å². The predicted molar refractivity (Wildman–Crippen MR) is 96.9 cm³/mol. The van der Waals surface area contributed by atoms with E-state index in [2.05, 4.69) is 0 Å². The molecule has 3 rings (SSSR count). The van der Waals surface area contributed by atoms with E-state index in [1.54, 1.807) is 23.5 Å². The third-order valence-corrected chi connectivity index (χ3v) is 6.05. The number of carboxylic acids is 1. The standard InChI is InChI=1S/C17H16N2O4S2/c18-12(14-6-3-7-25-14)8-24-9-13(17(22)23)19-15(20)10-4-1-2-5-11(10)16(19)21/h1-7,12-13H,8-9,18H2,(H,22,23)/t12-,13-/m0/s1. The second kappa shape index (κ2) is 7.38. The molecule has 1 aromatic carbocycles. The zero-order valence-electron chi connectivity index (χ0n) is 13.1. The van der Waals surface area contributed by atoms with Crippen LogP contribution in [0.15, 0.2) is 41.8 Å². The number of nitrogens with zero attached hydrogens (tertiary/aromatic N) is 1. The first-order chi connectivity index (χ1) is 12.0. The monoisotopic (exact) mass is 376 g/mol. The number of hydrogen-bond donors (Lipinski definition) is 2. The number of thiophene rings is 1. The number of amides is 2. The molecule has 130 valence electrons. The summed E-state index contributed by atoms with van der Waals surface area (Å²) in [4.78, 5) is 38.4. The molecule has 2 aromatic rings. The summed E-state index contributed by atoms with van der Waals surface area (Å²) < 4.78 is 0. The van der Waals surface area contributed by atoms with Gasteiger partial charge in [-0.15, -0.1) is 11.3 Å². The minimum Gasteiger partial charge on any atom is -0.480 e. The van der Waals surface area contributed by atoms with Gasteiger partial charge in [0.05, 0.1) is 11.1 Å². The first-order valence-corrected chi connectivity index (χ1v) is 9.60. The van der Waals surface area contributed by atoms with Crippen LogP contribution in [-0.2, 0) is 4.79 Å². The normalized spacial score (nSPS) is 16.0. The Morgan fingerprint density at radius 2 is 1.76 bits per heavy atom. The van der Waals surface area contributed by atoms with E-state index >= 15 is 0 Å². The van der Waals surface area contributed by atoms with Crippen LogP contribution < -0.4 is 5.73 Å². The van der Waals surface area contributed by atoms with Gasteiger partial charge in [-0.05, 0) is 23.6 Å². The van der Waals surface area contributed by atoms with E-state index < -0.39 is 23.8 Å². The summed E-state index contributed by atoms with van der Waals surface area (Å²) in [6, 6.07) is 8.78. The van der Waals surface area contributed by atoms with Crippen LogP contribution in [0.1, 0.15) is 31.6 Å². The highest BCUT2D eigenvalue weighted by atomic mass is 32.2. The zero-order valence-corrected chi connectivity index (χ0v) is 14.8. The summed E-state index contributed by atoms with van der Waals surface area (Å²) in [6.45, 7) is 0. The predicted octanol–water partition coefficient (Wildman–Crippen LogP) is 2.23. The summed E-state index contributed by atoms with van der Waals surface area (Å²) in [5, 5.41) is 11.4. The maximum Gasteiger partial charge on any atom is 0.327 e. The molecular formula is C17H16N2O4S2. The van der Waals surface area contributed by atoms with E-state index in [1.165, 1.54) is 23.9 Å². The van der Waals surface area contributed by atoms with Crippen molar-refractivity contribution >= 4 is 40.9 Å². The van der Waals surface area contributed by atoms with Gasteiger partial charge in [0.15, 0.2) is 0 Å². The number of imide groups is 1. The maximum absolute atomic E-state index is 12.4. The van der Waals surface area contributed by atoms with Gasteiger partial charge in [0.2, 0.25) is 0 Å². The fourth-order valence-electron chi connectivity index (χ4n) is 2.64. The minimum absolute atomic E-state index is 0.0971. The molecule has 0 aliphatic carbocycles. The topological polar surface area (TPSA) is 101 Å². The molecule has 2 heterocycles. The molecule has 8 heteroatoms. The van der Waals surface area contributed by atoms with Gasteiger partial charge in [0.25, 0.3) is 11.8 Å². The number of rotatable bonds is 7. The van der Waals surface area contributed by atoms with Crippen molar-refractivity contribution in [2.45, 2.75) is 12.1 Å². The molecule has 25 heavy (non-hydrogen) atoms. The molecule has 0 unspecified atom stereocenters. The van der Waals surface area contributed by atoms with Crippen molar-refractivity contribution in [1.82, 2.24) is 4.90 Å². The molecule has 0 fully saturated rings. The second-order valence-corrected chi connectivity index (χ2v) is 7.59. The van der Waals surface area contributed by atoms with Crippen molar-refractivity contribution in [1.29, 1.82) is 0 Å². The quantitative estimate of drug-likeness (QED) is 0.719. The summed E-state index contributed by atoms with van der Waals surface area (Å²) in [7, 11) is 0. The van der Waals surface area contributed by atoms with Gasteiger partial charge in [-0.1, -0.05) is 18.2 Å². The van der Waals surface area contributed by atoms with E-state index in [0.29, 0.717) is 5.75 Å². The van der Waals surface area contributed by atoms with E-state index in [-0.39, 0.29) is 22.9 Å². The number of thioether (sulfide) groups is 1. The third-order valence-electron chi connectivity index (χ3n) is 3.90. The number of carbonyl (C=O) groups excluding carboxylic acids is 2. The van der Waals surface area contributed by atoms with Gasteiger partial charge >= 0.3 is 5.97 Å². The Morgan fingerprint density at radius 3 is 2.28 bits per heavy atom. The molecule has 3 N–H and O–H groups in total. The molecule has 0 saturated carbocycles. The number of carbonyl (C=O) groups is 3. The second-order valence-electron chi connectivity index (χ2n) is 5.54. The van der Waals surface area contributed by atoms with Crippen LogP contribution in [0.4, 0.5) is 0 Å². The number of carboxylic acid groups (broad SMARTS) is 1. The Bertz CT molecular complexity index is 772. The lowest BCUT2D eigenvalue weighted by Crippen LogP contribution is -2.46. The summed E-state index contributed by atoms with van der Waals surface area (Å²) in [6.07, 6.45) is 0. The van der Waals surface area contributed by atoms with Gasteiger partial charge in [0.1, 0.15) is 6.04 Å². The molecule has 2 atom stereocenters. The highest BCUT2D eigenvalue weighted by Gasteiger charge is 2.42. The molecule has 2 amide bonds. The van der Waals surface area contributed by atoms with Crippen molar-refractivity contribution in [3.05, 3.63) is 57.8 Å². The van der Waals surface area contributed by atoms with E-state index in [1.807, 2.05) is 17.5 Å². The van der Waals surface area contributed by atoms with Crippen molar-refractivity contribution in [2.75, 3.05) is 11.5 Å². The van der Waals surface area contributed by atoms with Crippen LogP contribution in [0.5, 0.6) is 0 Å². The fourth-order valence-corrected chi connectivity index (χ4v) is 4.56. The highest BCUT2D eigenvalue weighted by Crippen LogP contribution is 2.27. The van der Waals surface area contributed by atoms with Crippen molar-refractivity contribution < 1.29 is 19.5 Å². The largest absolute Gasteiger partial charge is 0.480 e. The molecule has 0 radical (unpaired) electrons. The van der Waals surface area contributed by atoms with Crippen molar-refractivity contribution in [2.24, 2.45) is 5.73 Å². The van der Waals surface area contributed by atoms with Crippen LogP contribution in [0, 0.1) is 0 Å². The van der Waals surface area contributed by atoms with Crippen molar-refractivity contribution in [3.8, 4) is 0 Å². The lowest BCUT2D eigenvalue weighted by atomic mass is 10.1. The van der Waals surface area contributed by atoms with Crippen LogP contribution >= 0.6 is 23.1 Å². The fraction of sp³-hybridized carbons (Fsp3) is 0.235. The highest BCUT2D eigenvalue weighted by molar-refractivity contribution is 7.99. The molecule has 1 aliphatic rings. The number of benzene rings is 1. The van der Waals surface area contributed by atoms with Gasteiger partial charge in [-0.2, -0.15) is 11.8 Å². The lowest BCUT2D eigenvalue weighted by molar-refractivity contribution is -0.140. The Balaban J connectivity index is 1.69.